The van der Waals surface area contributed by atoms with E-state index in [1.54, 1.807) is 11.3 Å². The second kappa shape index (κ2) is 3.83. The molecule has 3 heteroatoms. The van der Waals surface area contributed by atoms with Crippen LogP contribution in [0.3, 0.4) is 0 Å². The smallest absolute Gasteiger partial charge is 0.183 e. The van der Waals surface area contributed by atoms with Crippen LogP contribution in [0.15, 0.2) is 24.3 Å². The maximum Gasteiger partial charge on any atom is 0.183 e. The molecule has 0 radical (unpaired) electrons. The summed E-state index contributed by atoms with van der Waals surface area (Å²) in [6, 6.07) is 8.12. The van der Waals surface area contributed by atoms with Gasteiger partial charge >= 0.3 is 0 Å². The van der Waals surface area contributed by atoms with E-state index in [1.807, 2.05) is 19.1 Å². The number of ketones is 1. The van der Waals surface area contributed by atoms with Crippen LogP contribution >= 0.6 is 27.3 Å². The average Bonchev–Trinajstić information content (AvgIpc) is 2.56. The molecular weight excluding hydrogens is 260 g/mol. The molecule has 1 aromatic heterocycles. The van der Waals surface area contributed by atoms with Gasteiger partial charge in [0.15, 0.2) is 5.78 Å². The van der Waals surface area contributed by atoms with Crippen molar-refractivity contribution in [3.05, 3.63) is 34.7 Å². The Morgan fingerprint density at radius 2 is 2.14 bits per heavy atom. The summed E-state index contributed by atoms with van der Waals surface area (Å²) in [7, 11) is 0. The van der Waals surface area contributed by atoms with E-state index in [2.05, 4.69) is 28.1 Å². The summed E-state index contributed by atoms with van der Waals surface area (Å²) in [5.74, 6) is 0.170. The highest BCUT2D eigenvalue weighted by Crippen LogP contribution is 2.30. The minimum absolute atomic E-state index is 0.170. The molecule has 0 aliphatic heterocycles. The number of hydrogen-bond donors (Lipinski definition) is 0. The zero-order valence-electron chi connectivity index (χ0n) is 7.71. The molecule has 0 amide bonds. The van der Waals surface area contributed by atoms with E-state index in [0.717, 1.165) is 10.4 Å². The highest BCUT2D eigenvalue weighted by Gasteiger charge is 2.13. The SMILES string of the molecule is Cc1c(C(=O)CBr)sc2ccccc12. The van der Waals surface area contributed by atoms with Gasteiger partial charge in [-0.15, -0.1) is 11.3 Å². The molecule has 1 nitrogen and oxygen atoms in total. The molecule has 0 saturated heterocycles. The molecule has 72 valence electrons. The Hall–Kier alpha value is -0.670. The molecule has 1 aromatic carbocycles. The Balaban J connectivity index is 2.68. The lowest BCUT2D eigenvalue weighted by molar-refractivity contribution is 0.102. The van der Waals surface area contributed by atoms with Gasteiger partial charge in [0.05, 0.1) is 10.2 Å². The summed E-state index contributed by atoms with van der Waals surface area (Å²) < 4.78 is 1.19. The van der Waals surface area contributed by atoms with E-state index >= 15 is 0 Å². The van der Waals surface area contributed by atoms with Crippen molar-refractivity contribution >= 4 is 43.1 Å². The number of aryl methyl sites for hydroxylation is 1. The van der Waals surface area contributed by atoms with Gasteiger partial charge in [-0.2, -0.15) is 0 Å². The molecule has 0 saturated carbocycles. The van der Waals surface area contributed by atoms with Crippen LogP contribution in [0, 0.1) is 6.92 Å². The zero-order valence-corrected chi connectivity index (χ0v) is 10.1. The van der Waals surface area contributed by atoms with Crippen LogP contribution in [-0.2, 0) is 0 Å². The first kappa shape index (κ1) is 9.87. The molecule has 2 aromatic rings. The molecule has 0 aliphatic carbocycles. The third kappa shape index (κ3) is 1.51. The number of rotatable bonds is 2. The molecule has 0 spiro atoms. The molecule has 0 fully saturated rings. The van der Waals surface area contributed by atoms with Gasteiger partial charge in [0.2, 0.25) is 0 Å². The Morgan fingerprint density at radius 3 is 2.79 bits per heavy atom. The largest absolute Gasteiger partial charge is 0.292 e. The summed E-state index contributed by atoms with van der Waals surface area (Å²) in [5.41, 5.74) is 1.11. The number of carbonyl (C=O) groups excluding carboxylic acids is 1. The summed E-state index contributed by atoms with van der Waals surface area (Å²) in [6.07, 6.45) is 0. The quantitative estimate of drug-likeness (QED) is 0.599. The predicted molar refractivity (Wildman–Crippen MR) is 64.7 cm³/mol. The van der Waals surface area contributed by atoms with E-state index in [4.69, 9.17) is 0 Å². The average molecular weight is 269 g/mol. The number of alkyl halides is 1. The number of fused-ring (bicyclic) bond motifs is 1. The number of Topliss-reactive ketones (excluding diaryl/α,β-unsaturated/α-hetero) is 1. The van der Waals surface area contributed by atoms with E-state index < -0.39 is 0 Å². The normalized spacial score (nSPS) is 10.7. The molecule has 0 aliphatic rings. The van der Waals surface area contributed by atoms with Crippen LogP contribution in [0.5, 0.6) is 0 Å². The Morgan fingerprint density at radius 1 is 1.43 bits per heavy atom. The van der Waals surface area contributed by atoms with Gasteiger partial charge in [0, 0.05) is 4.70 Å². The summed E-state index contributed by atoms with van der Waals surface area (Å²) in [5, 5.41) is 1.60. The lowest BCUT2D eigenvalue weighted by Gasteiger charge is -1.93. The molecule has 0 bridgehead atoms. The molecule has 2 rings (SSSR count). The fraction of sp³-hybridized carbons (Fsp3) is 0.182. The minimum atomic E-state index is 0.170. The van der Waals surface area contributed by atoms with Crippen molar-refractivity contribution in [1.29, 1.82) is 0 Å². The van der Waals surface area contributed by atoms with E-state index in [0.29, 0.717) is 5.33 Å². The van der Waals surface area contributed by atoms with E-state index in [9.17, 15) is 4.79 Å². The van der Waals surface area contributed by atoms with Crippen molar-refractivity contribution < 1.29 is 4.79 Å². The Kier molecular flexibility index (Phi) is 2.70. The molecule has 0 unspecified atom stereocenters. The third-order valence-corrected chi connectivity index (χ3v) is 4.04. The first-order valence-electron chi connectivity index (χ1n) is 4.31. The van der Waals surface area contributed by atoms with Gasteiger partial charge < -0.3 is 0 Å². The number of halogens is 1. The van der Waals surface area contributed by atoms with Crippen molar-refractivity contribution in [3.8, 4) is 0 Å². The number of hydrogen-bond acceptors (Lipinski definition) is 2. The number of thiophene rings is 1. The summed E-state index contributed by atoms with van der Waals surface area (Å²) in [4.78, 5) is 12.4. The summed E-state index contributed by atoms with van der Waals surface area (Å²) in [6.45, 7) is 2.01. The van der Waals surface area contributed by atoms with Crippen LogP contribution in [0.1, 0.15) is 15.2 Å². The molecule has 0 N–H and O–H groups in total. The zero-order chi connectivity index (χ0) is 10.1. The van der Waals surface area contributed by atoms with Crippen molar-refractivity contribution in [2.75, 3.05) is 5.33 Å². The van der Waals surface area contributed by atoms with E-state index in [-0.39, 0.29) is 5.78 Å². The maximum atomic E-state index is 11.6. The first-order valence-corrected chi connectivity index (χ1v) is 6.25. The first-order chi connectivity index (χ1) is 6.74. The fourth-order valence-corrected chi connectivity index (χ4v) is 3.11. The van der Waals surface area contributed by atoms with Crippen molar-refractivity contribution in [1.82, 2.24) is 0 Å². The summed E-state index contributed by atoms with van der Waals surface area (Å²) >= 11 is 4.78. The minimum Gasteiger partial charge on any atom is -0.292 e. The maximum absolute atomic E-state index is 11.6. The van der Waals surface area contributed by atoms with Crippen LogP contribution in [0.2, 0.25) is 0 Å². The van der Waals surface area contributed by atoms with Crippen LogP contribution in [-0.4, -0.2) is 11.1 Å². The fourth-order valence-electron chi connectivity index (χ4n) is 1.50. The molecule has 14 heavy (non-hydrogen) atoms. The standard InChI is InChI=1S/C11H9BrOS/c1-7-8-4-2-3-5-10(8)14-11(7)9(13)6-12/h2-5H,6H2,1H3. The predicted octanol–water partition coefficient (Wildman–Crippen LogP) is 3.79. The van der Waals surface area contributed by atoms with Crippen LogP contribution in [0.25, 0.3) is 10.1 Å². The van der Waals surface area contributed by atoms with Gasteiger partial charge in [-0.3, -0.25) is 4.79 Å². The highest BCUT2D eigenvalue weighted by atomic mass is 79.9. The molecule has 1 heterocycles. The van der Waals surface area contributed by atoms with Gasteiger partial charge in [0.25, 0.3) is 0 Å². The monoisotopic (exact) mass is 268 g/mol. The second-order valence-electron chi connectivity index (χ2n) is 3.11. The van der Waals surface area contributed by atoms with Gasteiger partial charge in [-0.05, 0) is 23.9 Å². The van der Waals surface area contributed by atoms with Crippen molar-refractivity contribution in [3.63, 3.8) is 0 Å². The van der Waals surface area contributed by atoms with Crippen LogP contribution < -0.4 is 0 Å². The van der Waals surface area contributed by atoms with Gasteiger partial charge in [-0.1, -0.05) is 34.1 Å². The number of carbonyl (C=O) groups is 1. The lowest BCUT2D eigenvalue weighted by Crippen LogP contribution is -1.97. The second-order valence-corrected chi connectivity index (χ2v) is 4.72. The third-order valence-electron chi connectivity index (χ3n) is 2.22. The Labute approximate surface area is 94.9 Å². The van der Waals surface area contributed by atoms with Crippen molar-refractivity contribution in [2.24, 2.45) is 0 Å². The van der Waals surface area contributed by atoms with Gasteiger partial charge in [-0.25, -0.2) is 0 Å². The molecule has 0 atom stereocenters. The Bertz CT molecular complexity index is 487. The van der Waals surface area contributed by atoms with Crippen LogP contribution in [0.4, 0.5) is 0 Å². The lowest BCUT2D eigenvalue weighted by atomic mass is 10.1. The van der Waals surface area contributed by atoms with Crippen molar-refractivity contribution in [2.45, 2.75) is 6.92 Å². The topological polar surface area (TPSA) is 17.1 Å². The number of benzene rings is 1. The highest BCUT2D eigenvalue weighted by molar-refractivity contribution is 9.09. The van der Waals surface area contributed by atoms with Gasteiger partial charge in [0.1, 0.15) is 0 Å². The van der Waals surface area contributed by atoms with E-state index in [1.165, 1.54) is 10.1 Å². The molecular formula is C11H9BrOS.